The molecular formula is C14H19N3O4. The minimum absolute atomic E-state index is 0.0807. The molecule has 0 radical (unpaired) electrons. The van der Waals surface area contributed by atoms with Gasteiger partial charge >= 0.3 is 12.2 Å². The van der Waals surface area contributed by atoms with Crippen LogP contribution in [-0.2, 0) is 15.9 Å². The molecule has 1 N–H and O–H groups in total. The van der Waals surface area contributed by atoms with Crippen molar-refractivity contribution in [1.82, 2.24) is 15.2 Å². The van der Waals surface area contributed by atoms with E-state index in [4.69, 9.17) is 9.47 Å². The lowest BCUT2D eigenvalue weighted by Gasteiger charge is -2.25. The molecule has 0 bridgehead atoms. The van der Waals surface area contributed by atoms with E-state index < -0.39 is 17.8 Å². The third-order valence-electron chi connectivity index (χ3n) is 2.96. The number of amides is 2. The Morgan fingerprint density at radius 3 is 2.95 bits per heavy atom. The highest BCUT2D eigenvalue weighted by Crippen LogP contribution is 2.15. The van der Waals surface area contributed by atoms with Crippen LogP contribution >= 0.6 is 0 Å². The zero-order valence-electron chi connectivity index (χ0n) is 12.2. The molecule has 2 rings (SSSR count). The van der Waals surface area contributed by atoms with Gasteiger partial charge in [0.1, 0.15) is 12.2 Å². The Kier molecular flexibility index (Phi) is 4.62. The number of pyridine rings is 1. The highest BCUT2D eigenvalue weighted by molar-refractivity contribution is 5.71. The average Bonchev–Trinajstić information content (AvgIpc) is 2.82. The summed E-state index contributed by atoms with van der Waals surface area (Å²) in [4.78, 5) is 28.6. The van der Waals surface area contributed by atoms with Crippen LogP contribution in [0.2, 0.25) is 0 Å². The summed E-state index contributed by atoms with van der Waals surface area (Å²) >= 11 is 0. The van der Waals surface area contributed by atoms with Crippen molar-refractivity contribution in [3.63, 3.8) is 0 Å². The summed E-state index contributed by atoms with van der Waals surface area (Å²) < 4.78 is 10.1. The normalized spacial score (nSPS) is 14.8. The van der Waals surface area contributed by atoms with E-state index in [2.05, 4.69) is 10.3 Å². The number of ether oxygens (including phenoxy) is 2. The Bertz CT molecular complexity index is 504. The summed E-state index contributed by atoms with van der Waals surface area (Å²) in [7, 11) is 0. The number of nitrogens with one attached hydrogen (secondary N) is 1. The highest BCUT2D eigenvalue weighted by atomic mass is 16.6. The van der Waals surface area contributed by atoms with Gasteiger partial charge in [-0.15, -0.1) is 0 Å². The van der Waals surface area contributed by atoms with Crippen LogP contribution in [0.1, 0.15) is 19.5 Å². The third kappa shape index (κ3) is 4.62. The van der Waals surface area contributed by atoms with Gasteiger partial charge in [0.25, 0.3) is 0 Å². The second kappa shape index (κ2) is 6.43. The molecule has 1 aliphatic heterocycles. The largest absolute Gasteiger partial charge is 0.447 e. The monoisotopic (exact) mass is 293 g/mol. The Morgan fingerprint density at radius 2 is 2.33 bits per heavy atom. The Morgan fingerprint density at radius 1 is 1.52 bits per heavy atom. The predicted molar refractivity (Wildman–Crippen MR) is 74.6 cm³/mol. The molecule has 0 atom stereocenters. The van der Waals surface area contributed by atoms with Gasteiger partial charge in [-0.05, 0) is 26.0 Å². The molecule has 114 valence electrons. The van der Waals surface area contributed by atoms with Gasteiger partial charge in [-0.2, -0.15) is 0 Å². The first-order valence-corrected chi connectivity index (χ1v) is 6.75. The number of cyclic esters (lactones) is 1. The van der Waals surface area contributed by atoms with Crippen LogP contribution in [0.4, 0.5) is 9.59 Å². The van der Waals surface area contributed by atoms with Gasteiger partial charge in [0, 0.05) is 18.3 Å². The van der Waals surface area contributed by atoms with Crippen LogP contribution in [-0.4, -0.2) is 47.5 Å². The summed E-state index contributed by atoms with van der Waals surface area (Å²) in [5.74, 6) is 0. The molecule has 1 aromatic heterocycles. The van der Waals surface area contributed by atoms with Gasteiger partial charge in [-0.1, -0.05) is 6.07 Å². The fourth-order valence-electron chi connectivity index (χ4n) is 1.99. The van der Waals surface area contributed by atoms with E-state index in [0.717, 1.165) is 5.69 Å². The highest BCUT2D eigenvalue weighted by Gasteiger charge is 2.26. The maximum absolute atomic E-state index is 11.8. The minimum Gasteiger partial charge on any atom is -0.447 e. The van der Waals surface area contributed by atoms with E-state index >= 15 is 0 Å². The zero-order valence-corrected chi connectivity index (χ0v) is 12.2. The van der Waals surface area contributed by atoms with Gasteiger partial charge in [0.05, 0.1) is 13.2 Å². The number of carbonyl (C=O) groups is 2. The fraction of sp³-hybridized carbons (Fsp3) is 0.500. The number of hydrogen-bond acceptors (Lipinski definition) is 5. The molecule has 7 heteroatoms. The van der Waals surface area contributed by atoms with E-state index in [1.807, 2.05) is 32.0 Å². The van der Waals surface area contributed by atoms with Crippen molar-refractivity contribution in [3.05, 3.63) is 30.1 Å². The van der Waals surface area contributed by atoms with Gasteiger partial charge in [0.2, 0.25) is 0 Å². The maximum atomic E-state index is 11.8. The van der Waals surface area contributed by atoms with E-state index in [0.29, 0.717) is 19.6 Å². The molecule has 1 aliphatic rings. The number of hydrogen-bond donors (Lipinski definition) is 1. The van der Waals surface area contributed by atoms with Crippen molar-refractivity contribution in [2.24, 2.45) is 0 Å². The molecule has 7 nitrogen and oxygen atoms in total. The standard InChI is InChI=1S/C14H19N3O4/c1-14(2,9-11-5-3-4-6-15-11)21-12(18)16-10-17-7-8-20-13(17)19/h3-6H,7-10H2,1-2H3,(H,16,18). The quantitative estimate of drug-likeness (QED) is 0.890. The molecule has 1 fully saturated rings. The molecular weight excluding hydrogens is 274 g/mol. The van der Waals surface area contributed by atoms with Crippen molar-refractivity contribution >= 4 is 12.2 Å². The second-order valence-electron chi connectivity index (χ2n) is 5.36. The van der Waals surface area contributed by atoms with Crippen LogP contribution in [0, 0.1) is 0 Å². The molecule has 0 aliphatic carbocycles. The van der Waals surface area contributed by atoms with Crippen LogP contribution in [0.3, 0.4) is 0 Å². The fourth-order valence-corrected chi connectivity index (χ4v) is 1.99. The van der Waals surface area contributed by atoms with Crippen molar-refractivity contribution < 1.29 is 19.1 Å². The number of carbonyl (C=O) groups excluding carboxylic acids is 2. The van der Waals surface area contributed by atoms with Gasteiger partial charge in [-0.3, -0.25) is 9.88 Å². The van der Waals surface area contributed by atoms with Crippen molar-refractivity contribution in [2.75, 3.05) is 19.8 Å². The van der Waals surface area contributed by atoms with Gasteiger partial charge < -0.3 is 14.8 Å². The van der Waals surface area contributed by atoms with E-state index in [-0.39, 0.29) is 6.67 Å². The molecule has 0 aromatic carbocycles. The topological polar surface area (TPSA) is 80.8 Å². The Labute approximate surface area is 123 Å². The Balaban J connectivity index is 1.79. The number of nitrogens with zero attached hydrogens (tertiary/aromatic N) is 2. The maximum Gasteiger partial charge on any atom is 0.411 e. The summed E-state index contributed by atoms with van der Waals surface area (Å²) in [6.07, 6.45) is 1.20. The molecule has 0 unspecified atom stereocenters. The van der Waals surface area contributed by atoms with Gasteiger partial charge in [0.15, 0.2) is 0 Å². The van der Waals surface area contributed by atoms with Crippen LogP contribution in [0.15, 0.2) is 24.4 Å². The lowest BCUT2D eigenvalue weighted by Crippen LogP contribution is -2.42. The zero-order chi connectivity index (χ0) is 15.3. The molecule has 2 amide bonds. The lowest BCUT2D eigenvalue weighted by atomic mass is 10.0. The average molecular weight is 293 g/mol. The van der Waals surface area contributed by atoms with Crippen LogP contribution < -0.4 is 5.32 Å². The first-order valence-electron chi connectivity index (χ1n) is 6.75. The van der Waals surface area contributed by atoms with E-state index in [1.165, 1.54) is 4.90 Å². The molecule has 0 saturated carbocycles. The molecule has 1 saturated heterocycles. The van der Waals surface area contributed by atoms with Gasteiger partial charge in [-0.25, -0.2) is 9.59 Å². The van der Waals surface area contributed by atoms with E-state index in [1.54, 1.807) is 6.20 Å². The molecule has 0 spiro atoms. The number of alkyl carbamates (subject to hydrolysis) is 1. The van der Waals surface area contributed by atoms with E-state index in [9.17, 15) is 9.59 Å². The SMILES string of the molecule is CC(C)(Cc1ccccn1)OC(=O)NCN1CCOC1=O. The van der Waals surface area contributed by atoms with Crippen LogP contribution in [0.25, 0.3) is 0 Å². The first-order chi connectivity index (χ1) is 9.96. The minimum atomic E-state index is -0.691. The number of aromatic nitrogens is 1. The first kappa shape index (κ1) is 15.1. The summed E-state index contributed by atoms with van der Waals surface area (Å²) in [6.45, 7) is 4.52. The molecule has 21 heavy (non-hydrogen) atoms. The van der Waals surface area contributed by atoms with Crippen molar-refractivity contribution in [3.8, 4) is 0 Å². The third-order valence-corrected chi connectivity index (χ3v) is 2.96. The predicted octanol–water partition coefficient (Wildman–Crippen LogP) is 1.54. The second-order valence-corrected chi connectivity index (χ2v) is 5.36. The Hall–Kier alpha value is -2.31. The molecule has 1 aromatic rings. The van der Waals surface area contributed by atoms with Crippen LogP contribution in [0.5, 0.6) is 0 Å². The summed E-state index contributed by atoms with van der Waals surface area (Å²) in [6, 6.07) is 5.60. The lowest BCUT2D eigenvalue weighted by molar-refractivity contribution is 0.0368. The smallest absolute Gasteiger partial charge is 0.411 e. The van der Waals surface area contributed by atoms with Crippen molar-refractivity contribution in [1.29, 1.82) is 0 Å². The molecule has 2 heterocycles. The summed E-state index contributed by atoms with van der Waals surface area (Å²) in [5, 5.41) is 2.54. The number of rotatable bonds is 5. The summed E-state index contributed by atoms with van der Waals surface area (Å²) in [5.41, 5.74) is 0.155. The van der Waals surface area contributed by atoms with Crippen molar-refractivity contribution in [2.45, 2.75) is 25.9 Å².